The number of cyclic esters (lactones) is 1. The summed E-state index contributed by atoms with van der Waals surface area (Å²) in [5, 5.41) is 3.05. The zero-order valence-electron chi connectivity index (χ0n) is 15.9. The maximum absolute atomic E-state index is 11.4. The van der Waals surface area contributed by atoms with Crippen LogP contribution in [0.1, 0.15) is 68.1 Å². The van der Waals surface area contributed by atoms with Crippen LogP contribution in [0.4, 0.5) is 4.79 Å². The first-order valence-electron chi connectivity index (χ1n) is 10.3. The van der Waals surface area contributed by atoms with Crippen molar-refractivity contribution in [1.82, 2.24) is 5.32 Å². The van der Waals surface area contributed by atoms with Crippen molar-refractivity contribution in [3.05, 3.63) is 34.9 Å². The lowest BCUT2D eigenvalue weighted by atomic mass is 9.80. The minimum absolute atomic E-state index is 0.108. The van der Waals surface area contributed by atoms with E-state index in [0.717, 1.165) is 38.4 Å². The molecule has 1 amide bonds. The summed E-state index contributed by atoms with van der Waals surface area (Å²) in [7, 11) is 0. The molecule has 142 valence electrons. The van der Waals surface area contributed by atoms with Crippen molar-refractivity contribution in [2.45, 2.75) is 69.7 Å². The number of fused-ring (bicyclic) bond motifs is 1. The molecule has 4 heteroatoms. The molecule has 4 rings (SSSR count). The highest BCUT2D eigenvalue weighted by molar-refractivity contribution is 5.70. The van der Waals surface area contributed by atoms with Gasteiger partial charge in [0, 0.05) is 13.2 Å². The summed E-state index contributed by atoms with van der Waals surface area (Å²) in [4.78, 5) is 11.4. The molecule has 1 aromatic rings. The van der Waals surface area contributed by atoms with Crippen LogP contribution in [-0.2, 0) is 22.3 Å². The normalized spacial score (nSPS) is 30.3. The standard InChI is InChI=1S/C22H31NO3/c1-2-25-11-3-4-16-5-6-18-13-19(8-7-17(18)12-16)20-9-10-22(14-20)15-26-21(24)23-22/h7-8,13,16,20H,2-6,9-12,14-15H2,1H3,(H,23,24)/t16-,20-,22+/m0/s1. The third kappa shape index (κ3) is 3.75. The van der Waals surface area contributed by atoms with Gasteiger partial charge in [-0.05, 0) is 86.8 Å². The molecule has 2 aliphatic carbocycles. The quantitative estimate of drug-likeness (QED) is 0.770. The smallest absolute Gasteiger partial charge is 0.407 e. The molecule has 4 nitrogen and oxygen atoms in total. The van der Waals surface area contributed by atoms with Crippen LogP contribution in [0, 0.1) is 5.92 Å². The fourth-order valence-electron chi connectivity index (χ4n) is 5.12. The van der Waals surface area contributed by atoms with Crippen LogP contribution in [0.2, 0.25) is 0 Å². The summed E-state index contributed by atoms with van der Waals surface area (Å²) in [6.45, 7) is 4.34. The van der Waals surface area contributed by atoms with Crippen molar-refractivity contribution in [2.24, 2.45) is 5.92 Å². The molecule has 0 radical (unpaired) electrons. The van der Waals surface area contributed by atoms with Gasteiger partial charge in [-0.1, -0.05) is 18.2 Å². The monoisotopic (exact) mass is 357 g/mol. The number of rotatable bonds is 6. The Morgan fingerprint density at radius 3 is 3.04 bits per heavy atom. The number of hydrogen-bond acceptors (Lipinski definition) is 3. The van der Waals surface area contributed by atoms with E-state index in [-0.39, 0.29) is 11.6 Å². The molecule has 1 saturated heterocycles. The predicted molar refractivity (Wildman–Crippen MR) is 101 cm³/mol. The number of aryl methyl sites for hydroxylation is 1. The average Bonchev–Trinajstić information content (AvgIpc) is 3.24. The SMILES string of the molecule is CCOCCC[C@H]1CCc2cc([C@H]3CC[C@]4(COC(=O)N4)C3)ccc2C1. The highest BCUT2D eigenvalue weighted by atomic mass is 16.6. The summed E-state index contributed by atoms with van der Waals surface area (Å²) >= 11 is 0. The second-order valence-corrected chi connectivity index (χ2v) is 8.40. The lowest BCUT2D eigenvalue weighted by Gasteiger charge is -2.26. The number of alkyl carbamates (subject to hydrolysis) is 1. The number of carbonyl (C=O) groups excluding carboxylic acids is 1. The van der Waals surface area contributed by atoms with Crippen LogP contribution in [0.15, 0.2) is 18.2 Å². The highest BCUT2D eigenvalue weighted by Crippen LogP contribution is 2.43. The zero-order valence-corrected chi connectivity index (χ0v) is 15.9. The first-order chi connectivity index (χ1) is 12.7. The van der Waals surface area contributed by atoms with Gasteiger partial charge in [-0.25, -0.2) is 4.79 Å². The lowest BCUT2D eigenvalue weighted by Crippen LogP contribution is -2.40. The second kappa shape index (κ2) is 7.59. The van der Waals surface area contributed by atoms with Crippen LogP contribution < -0.4 is 5.32 Å². The van der Waals surface area contributed by atoms with E-state index in [1.807, 2.05) is 0 Å². The van der Waals surface area contributed by atoms with Gasteiger partial charge in [0.1, 0.15) is 6.61 Å². The molecule has 1 aromatic carbocycles. The summed E-state index contributed by atoms with van der Waals surface area (Å²) in [5.74, 6) is 1.36. The first kappa shape index (κ1) is 17.8. The van der Waals surface area contributed by atoms with Crippen molar-refractivity contribution in [2.75, 3.05) is 19.8 Å². The third-order valence-corrected chi connectivity index (χ3v) is 6.59. The summed E-state index contributed by atoms with van der Waals surface area (Å²) in [6.07, 6.45) is 9.14. The van der Waals surface area contributed by atoms with E-state index >= 15 is 0 Å². The molecular weight excluding hydrogens is 326 g/mol. The number of amides is 1. The van der Waals surface area contributed by atoms with Crippen LogP contribution in [0.3, 0.4) is 0 Å². The molecule has 1 heterocycles. The van der Waals surface area contributed by atoms with Gasteiger partial charge in [-0.15, -0.1) is 0 Å². The van der Waals surface area contributed by atoms with Gasteiger partial charge >= 0.3 is 6.09 Å². The Kier molecular flexibility index (Phi) is 5.21. The number of benzene rings is 1. The van der Waals surface area contributed by atoms with E-state index in [1.54, 1.807) is 11.1 Å². The highest BCUT2D eigenvalue weighted by Gasteiger charge is 2.46. The molecular formula is C22H31NO3. The molecule has 0 bridgehead atoms. The van der Waals surface area contributed by atoms with Crippen LogP contribution in [0.25, 0.3) is 0 Å². The Labute approximate surface area is 156 Å². The van der Waals surface area contributed by atoms with Gasteiger partial charge in [0.05, 0.1) is 5.54 Å². The Hall–Kier alpha value is -1.55. The molecule has 1 aliphatic heterocycles. The Morgan fingerprint density at radius 1 is 1.31 bits per heavy atom. The Bertz CT molecular complexity index is 659. The van der Waals surface area contributed by atoms with E-state index in [9.17, 15) is 4.79 Å². The second-order valence-electron chi connectivity index (χ2n) is 8.40. The zero-order chi connectivity index (χ0) is 18.0. The topological polar surface area (TPSA) is 47.6 Å². The molecule has 1 N–H and O–H groups in total. The molecule has 26 heavy (non-hydrogen) atoms. The van der Waals surface area contributed by atoms with Crippen LogP contribution in [-0.4, -0.2) is 31.5 Å². The average molecular weight is 357 g/mol. The van der Waals surface area contributed by atoms with Crippen molar-refractivity contribution >= 4 is 6.09 Å². The van der Waals surface area contributed by atoms with Crippen LogP contribution in [0.5, 0.6) is 0 Å². The fourth-order valence-corrected chi connectivity index (χ4v) is 5.12. The van der Waals surface area contributed by atoms with Crippen molar-refractivity contribution < 1.29 is 14.3 Å². The van der Waals surface area contributed by atoms with Crippen LogP contribution >= 0.6 is 0 Å². The maximum Gasteiger partial charge on any atom is 0.407 e. The molecule has 0 aromatic heterocycles. The maximum atomic E-state index is 11.4. The van der Waals surface area contributed by atoms with E-state index < -0.39 is 0 Å². The van der Waals surface area contributed by atoms with Gasteiger partial charge in [-0.2, -0.15) is 0 Å². The largest absolute Gasteiger partial charge is 0.447 e. The molecule has 1 spiro atoms. The van der Waals surface area contributed by atoms with E-state index in [1.165, 1.54) is 37.7 Å². The molecule has 2 fully saturated rings. The van der Waals surface area contributed by atoms with Crippen molar-refractivity contribution in [3.8, 4) is 0 Å². The van der Waals surface area contributed by atoms with Crippen molar-refractivity contribution in [1.29, 1.82) is 0 Å². The minimum Gasteiger partial charge on any atom is -0.447 e. The van der Waals surface area contributed by atoms with E-state index in [2.05, 4.69) is 30.4 Å². The number of nitrogens with one attached hydrogen (secondary N) is 1. The molecule has 3 aliphatic rings. The fraction of sp³-hybridized carbons (Fsp3) is 0.682. The number of hydrogen-bond donors (Lipinski definition) is 1. The molecule has 1 saturated carbocycles. The molecule has 0 unspecified atom stereocenters. The Balaban J connectivity index is 1.36. The van der Waals surface area contributed by atoms with Gasteiger partial charge < -0.3 is 14.8 Å². The van der Waals surface area contributed by atoms with Gasteiger partial charge in [0.2, 0.25) is 0 Å². The predicted octanol–water partition coefficient (Wildman–Crippen LogP) is 4.35. The van der Waals surface area contributed by atoms with Crippen molar-refractivity contribution in [3.63, 3.8) is 0 Å². The van der Waals surface area contributed by atoms with Gasteiger partial charge in [0.15, 0.2) is 0 Å². The summed E-state index contributed by atoms with van der Waals surface area (Å²) in [6, 6.07) is 7.16. The Morgan fingerprint density at radius 2 is 2.23 bits per heavy atom. The minimum atomic E-state index is -0.244. The van der Waals surface area contributed by atoms with Gasteiger partial charge in [-0.3, -0.25) is 0 Å². The third-order valence-electron chi connectivity index (χ3n) is 6.59. The molecule has 3 atom stereocenters. The van der Waals surface area contributed by atoms with Gasteiger partial charge in [0.25, 0.3) is 0 Å². The number of carbonyl (C=O) groups is 1. The summed E-state index contributed by atoms with van der Waals surface area (Å²) in [5.41, 5.74) is 4.45. The summed E-state index contributed by atoms with van der Waals surface area (Å²) < 4.78 is 10.6. The number of ether oxygens (including phenoxy) is 2. The lowest BCUT2D eigenvalue weighted by molar-refractivity contribution is 0.138. The van der Waals surface area contributed by atoms with E-state index in [4.69, 9.17) is 9.47 Å². The van der Waals surface area contributed by atoms with E-state index in [0.29, 0.717) is 12.5 Å². The first-order valence-corrected chi connectivity index (χ1v) is 10.3.